The smallest absolute Gasteiger partial charge is 0.253 e. The molecule has 0 aliphatic heterocycles. The predicted octanol–water partition coefficient (Wildman–Crippen LogP) is 1.32. The number of aromatic nitrogens is 2. The maximum Gasteiger partial charge on any atom is 0.253 e. The number of nitrogens with zero attached hydrogens (tertiary/aromatic N) is 1. The molecule has 0 unspecified atom stereocenters. The first-order valence-electron chi connectivity index (χ1n) is 5.78. The predicted molar refractivity (Wildman–Crippen MR) is 84.5 cm³/mol. The van der Waals surface area contributed by atoms with Gasteiger partial charge in [-0.25, -0.2) is 4.98 Å². The Bertz CT molecular complexity index is 734. The summed E-state index contributed by atoms with van der Waals surface area (Å²) in [5.41, 5.74) is 11.6. The molecule has 0 fully saturated rings. The summed E-state index contributed by atoms with van der Waals surface area (Å²) < 4.78 is 0. The van der Waals surface area contributed by atoms with Crippen LogP contribution >= 0.6 is 23.4 Å². The molecular formula is C12H12ClN5O2S. The molecule has 2 rings (SSSR count). The normalized spacial score (nSPS) is 10.3. The third-order valence-electron chi connectivity index (χ3n) is 2.35. The number of nitrogen functional groups attached to an aromatic ring is 2. The fraction of sp³-hybridized carbons (Fsp3) is 0.0833. The molecule has 0 aliphatic rings. The lowest BCUT2D eigenvalue weighted by atomic mass is 10.3. The van der Waals surface area contributed by atoms with E-state index in [1.165, 1.54) is 0 Å². The zero-order valence-corrected chi connectivity index (χ0v) is 12.3. The van der Waals surface area contributed by atoms with Crippen LogP contribution in [0.1, 0.15) is 0 Å². The lowest BCUT2D eigenvalue weighted by Gasteiger charge is -2.07. The van der Waals surface area contributed by atoms with Gasteiger partial charge in [-0.15, -0.1) is 0 Å². The number of hydrogen-bond donors (Lipinski definition) is 4. The largest absolute Gasteiger partial charge is 0.399 e. The highest BCUT2D eigenvalue weighted by atomic mass is 35.5. The molecule has 0 aliphatic carbocycles. The third-order valence-corrected chi connectivity index (χ3v) is 3.53. The van der Waals surface area contributed by atoms with Crippen molar-refractivity contribution >= 4 is 46.5 Å². The Balaban J connectivity index is 1.97. The quantitative estimate of drug-likeness (QED) is 0.381. The molecule has 21 heavy (non-hydrogen) atoms. The topological polar surface area (TPSA) is 127 Å². The van der Waals surface area contributed by atoms with E-state index in [1.54, 1.807) is 18.2 Å². The minimum absolute atomic E-state index is 0.0487. The summed E-state index contributed by atoms with van der Waals surface area (Å²) in [6, 6.07) is 5.95. The molecule has 1 amide bonds. The average Bonchev–Trinajstić information content (AvgIpc) is 2.39. The molecule has 110 valence electrons. The van der Waals surface area contributed by atoms with Crippen LogP contribution in [-0.2, 0) is 4.79 Å². The highest BCUT2D eigenvalue weighted by molar-refractivity contribution is 7.99. The van der Waals surface area contributed by atoms with Crippen molar-refractivity contribution in [2.45, 2.75) is 5.16 Å². The number of rotatable bonds is 4. The van der Waals surface area contributed by atoms with E-state index >= 15 is 0 Å². The standard InChI is InChI=1S/C12H12ClN5O2S/c13-7-3-6(14)1-2-8(7)16-11(20)5-21-12-17-9(15)4-10(19)18-12/h1-4H,5,14H2,(H,16,20)(H3,15,17,18,19). The summed E-state index contributed by atoms with van der Waals surface area (Å²) in [5.74, 6) is -0.146. The highest BCUT2D eigenvalue weighted by Gasteiger charge is 2.08. The molecule has 0 spiro atoms. The summed E-state index contributed by atoms with van der Waals surface area (Å²) in [6.45, 7) is 0. The number of hydrogen-bond acceptors (Lipinski definition) is 6. The number of H-pyrrole nitrogens is 1. The van der Waals surface area contributed by atoms with Crippen LogP contribution in [0, 0.1) is 0 Å². The monoisotopic (exact) mass is 325 g/mol. The number of nitrogens with two attached hydrogens (primary N) is 2. The Morgan fingerprint density at radius 2 is 2.14 bits per heavy atom. The van der Waals surface area contributed by atoms with E-state index in [9.17, 15) is 9.59 Å². The number of nitrogens with one attached hydrogen (secondary N) is 2. The SMILES string of the molecule is Nc1ccc(NC(=O)CSc2nc(N)cc(=O)[nH]2)c(Cl)c1. The van der Waals surface area contributed by atoms with Crippen molar-refractivity contribution in [2.75, 3.05) is 22.5 Å². The first-order valence-corrected chi connectivity index (χ1v) is 7.15. The summed E-state index contributed by atoms with van der Waals surface area (Å²) in [4.78, 5) is 29.4. The molecule has 0 atom stereocenters. The number of aromatic amines is 1. The maximum atomic E-state index is 11.8. The number of thioether (sulfide) groups is 1. The molecule has 1 heterocycles. The van der Waals surface area contributed by atoms with Gasteiger partial charge in [0.1, 0.15) is 5.82 Å². The van der Waals surface area contributed by atoms with Gasteiger partial charge in [0.2, 0.25) is 5.91 Å². The molecule has 7 nitrogen and oxygen atoms in total. The number of amides is 1. The van der Waals surface area contributed by atoms with Gasteiger partial charge in [0.05, 0.1) is 16.5 Å². The molecule has 2 aromatic rings. The second-order valence-corrected chi connectivity index (χ2v) is 5.42. The van der Waals surface area contributed by atoms with E-state index in [0.717, 1.165) is 17.8 Å². The van der Waals surface area contributed by atoms with Crippen molar-refractivity contribution in [3.8, 4) is 0 Å². The van der Waals surface area contributed by atoms with Crippen LogP contribution in [-0.4, -0.2) is 21.6 Å². The van der Waals surface area contributed by atoms with Crippen LogP contribution in [0.2, 0.25) is 5.02 Å². The Labute approximate surface area is 129 Å². The van der Waals surface area contributed by atoms with Crippen molar-refractivity contribution in [3.63, 3.8) is 0 Å². The molecule has 0 saturated carbocycles. The minimum atomic E-state index is -0.369. The zero-order chi connectivity index (χ0) is 15.4. The molecule has 9 heteroatoms. The fourth-order valence-electron chi connectivity index (χ4n) is 1.47. The molecular weight excluding hydrogens is 314 g/mol. The summed E-state index contributed by atoms with van der Waals surface area (Å²) in [5, 5.41) is 3.27. The van der Waals surface area contributed by atoms with Crippen molar-refractivity contribution < 1.29 is 4.79 Å². The number of carbonyl (C=O) groups is 1. The van der Waals surface area contributed by atoms with Gasteiger partial charge in [0.25, 0.3) is 5.56 Å². The van der Waals surface area contributed by atoms with Crippen LogP contribution in [0.4, 0.5) is 17.2 Å². The van der Waals surface area contributed by atoms with E-state index < -0.39 is 0 Å². The number of carbonyl (C=O) groups excluding carboxylic acids is 1. The first kappa shape index (κ1) is 15.2. The summed E-state index contributed by atoms with van der Waals surface area (Å²) in [7, 11) is 0. The second-order valence-electron chi connectivity index (χ2n) is 4.05. The van der Waals surface area contributed by atoms with E-state index in [2.05, 4.69) is 15.3 Å². The van der Waals surface area contributed by atoms with Gasteiger partial charge in [-0.3, -0.25) is 9.59 Å². The minimum Gasteiger partial charge on any atom is -0.399 e. The van der Waals surface area contributed by atoms with Gasteiger partial charge in [-0.1, -0.05) is 23.4 Å². The van der Waals surface area contributed by atoms with Crippen LogP contribution in [0.15, 0.2) is 34.2 Å². The molecule has 0 saturated heterocycles. The average molecular weight is 326 g/mol. The number of anilines is 3. The van der Waals surface area contributed by atoms with Crippen molar-refractivity contribution in [3.05, 3.63) is 39.6 Å². The van der Waals surface area contributed by atoms with Crippen molar-refractivity contribution in [1.82, 2.24) is 9.97 Å². The van der Waals surface area contributed by atoms with Gasteiger partial charge in [-0.05, 0) is 18.2 Å². The lowest BCUT2D eigenvalue weighted by molar-refractivity contribution is -0.113. The Kier molecular flexibility index (Phi) is 4.71. The van der Waals surface area contributed by atoms with Gasteiger partial charge in [0, 0.05) is 11.8 Å². The van der Waals surface area contributed by atoms with Crippen LogP contribution < -0.4 is 22.3 Å². The van der Waals surface area contributed by atoms with Crippen molar-refractivity contribution in [1.29, 1.82) is 0 Å². The summed E-state index contributed by atoms with van der Waals surface area (Å²) >= 11 is 7.01. The lowest BCUT2D eigenvalue weighted by Crippen LogP contribution is -2.16. The Morgan fingerprint density at radius 1 is 1.38 bits per heavy atom. The Hall–Kier alpha value is -2.19. The second kappa shape index (κ2) is 6.51. The number of halogens is 1. The van der Waals surface area contributed by atoms with E-state index in [0.29, 0.717) is 16.4 Å². The molecule has 6 N–H and O–H groups in total. The van der Waals surface area contributed by atoms with Gasteiger partial charge < -0.3 is 21.8 Å². The zero-order valence-electron chi connectivity index (χ0n) is 10.7. The van der Waals surface area contributed by atoms with Gasteiger partial charge in [-0.2, -0.15) is 0 Å². The summed E-state index contributed by atoms with van der Waals surface area (Å²) in [6.07, 6.45) is 0. The fourth-order valence-corrected chi connectivity index (χ4v) is 2.39. The number of benzene rings is 1. The van der Waals surface area contributed by atoms with Gasteiger partial charge >= 0.3 is 0 Å². The molecule has 1 aromatic carbocycles. The van der Waals surface area contributed by atoms with Crippen LogP contribution in [0.25, 0.3) is 0 Å². The van der Waals surface area contributed by atoms with E-state index in [4.69, 9.17) is 23.1 Å². The maximum absolute atomic E-state index is 11.8. The first-order chi connectivity index (χ1) is 9.94. The Morgan fingerprint density at radius 3 is 2.81 bits per heavy atom. The van der Waals surface area contributed by atoms with Gasteiger partial charge in [0.15, 0.2) is 5.16 Å². The van der Waals surface area contributed by atoms with Crippen LogP contribution in [0.5, 0.6) is 0 Å². The van der Waals surface area contributed by atoms with E-state index in [1.807, 2.05) is 0 Å². The molecule has 0 radical (unpaired) electrons. The van der Waals surface area contributed by atoms with Crippen LogP contribution in [0.3, 0.4) is 0 Å². The van der Waals surface area contributed by atoms with Crippen molar-refractivity contribution in [2.24, 2.45) is 0 Å². The highest BCUT2D eigenvalue weighted by Crippen LogP contribution is 2.24. The third kappa shape index (κ3) is 4.40. The molecule has 0 bridgehead atoms. The van der Waals surface area contributed by atoms with E-state index in [-0.39, 0.29) is 28.2 Å². The molecule has 1 aromatic heterocycles.